The van der Waals surface area contributed by atoms with E-state index in [1.807, 2.05) is 19.9 Å². The van der Waals surface area contributed by atoms with E-state index in [0.717, 1.165) is 50.5 Å². The van der Waals surface area contributed by atoms with Gasteiger partial charge in [-0.25, -0.2) is 4.79 Å². The van der Waals surface area contributed by atoms with E-state index in [4.69, 9.17) is 18.6 Å². The number of ether oxygens (including phenoxy) is 3. The van der Waals surface area contributed by atoms with Crippen molar-refractivity contribution in [1.29, 1.82) is 0 Å². The Hall–Kier alpha value is -2.15. The fourth-order valence-electron chi connectivity index (χ4n) is 9.77. The van der Waals surface area contributed by atoms with Crippen LogP contribution < -0.4 is 5.63 Å². The third kappa shape index (κ3) is 3.74. The highest BCUT2D eigenvalue weighted by Crippen LogP contribution is 2.78. The van der Waals surface area contributed by atoms with Crippen molar-refractivity contribution in [1.82, 2.24) is 0 Å². The van der Waals surface area contributed by atoms with Gasteiger partial charge < -0.3 is 18.6 Å². The van der Waals surface area contributed by atoms with E-state index in [0.29, 0.717) is 24.2 Å². The molecule has 0 bridgehead atoms. The molecule has 7 nitrogen and oxygen atoms in total. The number of carbonyl (C=O) groups excluding carboxylic acids is 2. The van der Waals surface area contributed by atoms with Crippen LogP contribution in [-0.2, 0) is 23.8 Å². The van der Waals surface area contributed by atoms with Gasteiger partial charge in [0.25, 0.3) is 0 Å². The van der Waals surface area contributed by atoms with Gasteiger partial charge in [0.05, 0.1) is 6.26 Å². The van der Waals surface area contributed by atoms with Crippen LogP contribution in [0.2, 0.25) is 0 Å². The van der Waals surface area contributed by atoms with Crippen LogP contribution in [0.1, 0.15) is 97.5 Å². The summed E-state index contributed by atoms with van der Waals surface area (Å²) >= 11 is 0. The molecule has 38 heavy (non-hydrogen) atoms. The molecule has 0 amide bonds. The Morgan fingerprint density at radius 2 is 1.84 bits per heavy atom. The van der Waals surface area contributed by atoms with Gasteiger partial charge in [0.1, 0.15) is 23.9 Å². The number of epoxide rings is 1. The summed E-state index contributed by atoms with van der Waals surface area (Å²) in [6, 6.07) is 3.33. The van der Waals surface area contributed by atoms with Gasteiger partial charge in [0, 0.05) is 30.7 Å². The summed E-state index contributed by atoms with van der Waals surface area (Å²) in [6.07, 6.45) is 8.65. The van der Waals surface area contributed by atoms with Crippen molar-refractivity contribution in [3.8, 4) is 0 Å². The molecule has 1 aliphatic heterocycles. The van der Waals surface area contributed by atoms with Crippen molar-refractivity contribution in [2.24, 2.45) is 34.5 Å². The highest BCUT2D eigenvalue weighted by molar-refractivity contribution is 5.70. The zero-order valence-corrected chi connectivity index (χ0v) is 23.4. The molecule has 5 fully saturated rings. The van der Waals surface area contributed by atoms with E-state index >= 15 is 0 Å². The Balaban J connectivity index is 1.33. The van der Waals surface area contributed by atoms with Crippen molar-refractivity contribution in [3.05, 3.63) is 34.4 Å². The Kier molecular flexibility index (Phi) is 6.14. The Morgan fingerprint density at radius 1 is 1.05 bits per heavy atom. The number of rotatable bonds is 5. The second kappa shape index (κ2) is 8.94. The van der Waals surface area contributed by atoms with Crippen molar-refractivity contribution in [3.63, 3.8) is 0 Å². The molecular formula is C31H42O7. The minimum atomic E-state index is -0.386. The molecule has 4 aliphatic carbocycles. The lowest BCUT2D eigenvalue weighted by Crippen LogP contribution is -2.58. The second-order valence-corrected chi connectivity index (χ2v) is 13.7. The Labute approximate surface area is 225 Å². The van der Waals surface area contributed by atoms with Gasteiger partial charge in [0.2, 0.25) is 0 Å². The zero-order chi connectivity index (χ0) is 27.0. The van der Waals surface area contributed by atoms with Crippen LogP contribution in [0.3, 0.4) is 0 Å². The summed E-state index contributed by atoms with van der Waals surface area (Å²) in [4.78, 5) is 36.4. The average molecular weight is 527 g/mol. The van der Waals surface area contributed by atoms with Crippen LogP contribution in [0, 0.1) is 34.5 Å². The molecule has 2 heterocycles. The molecular weight excluding hydrogens is 484 g/mol. The predicted octanol–water partition coefficient (Wildman–Crippen LogP) is 5.40. The first-order valence-electron chi connectivity index (χ1n) is 14.6. The molecule has 1 aromatic rings. The molecule has 1 saturated heterocycles. The standard InChI is InChI=1S/C31H42O7/c1-17(2)14-25(34)37-27-26(19-6-9-24(33)35-16-19)30(5)13-11-22-23(31(30)28(27)38-31)8-7-20-15-21(36-18(3)32)10-12-29(20,22)4/h6,9,16-17,20-23,26-28H,7-8,10-15H2,1-5H3. The zero-order valence-electron chi connectivity index (χ0n) is 23.4. The Bertz CT molecular complexity index is 1150. The van der Waals surface area contributed by atoms with Crippen molar-refractivity contribution < 1.29 is 28.2 Å². The van der Waals surface area contributed by atoms with E-state index in [-0.39, 0.29) is 64.1 Å². The molecule has 7 heteroatoms. The van der Waals surface area contributed by atoms with E-state index in [1.165, 1.54) is 13.0 Å². The SMILES string of the molecule is CC(=O)OC1CCC2(C)C(CCC3C2CCC2(C)C(c4ccc(=O)oc4)C(OC(=O)CC(C)C)C4OC342)C1. The Morgan fingerprint density at radius 3 is 2.53 bits per heavy atom. The highest BCUT2D eigenvalue weighted by atomic mass is 16.7. The minimum Gasteiger partial charge on any atom is -0.463 e. The van der Waals surface area contributed by atoms with Crippen molar-refractivity contribution in [2.75, 3.05) is 0 Å². The second-order valence-electron chi connectivity index (χ2n) is 13.7. The summed E-state index contributed by atoms with van der Waals surface area (Å²) in [5, 5.41) is 0. The van der Waals surface area contributed by atoms with Gasteiger partial charge in [-0.15, -0.1) is 0 Å². The van der Waals surface area contributed by atoms with Gasteiger partial charge in [-0.3, -0.25) is 9.59 Å². The monoisotopic (exact) mass is 526 g/mol. The normalized spacial score (nSPS) is 44.8. The maximum absolute atomic E-state index is 13.0. The lowest BCUT2D eigenvalue weighted by atomic mass is 9.44. The third-order valence-electron chi connectivity index (χ3n) is 11.3. The predicted molar refractivity (Wildman–Crippen MR) is 139 cm³/mol. The van der Waals surface area contributed by atoms with E-state index in [1.54, 1.807) is 6.26 Å². The van der Waals surface area contributed by atoms with Gasteiger partial charge >= 0.3 is 17.6 Å². The van der Waals surface area contributed by atoms with Crippen LogP contribution >= 0.6 is 0 Å². The highest BCUT2D eigenvalue weighted by Gasteiger charge is 2.84. The maximum Gasteiger partial charge on any atom is 0.335 e. The van der Waals surface area contributed by atoms with E-state index < -0.39 is 0 Å². The van der Waals surface area contributed by atoms with Crippen LogP contribution in [-0.4, -0.2) is 35.9 Å². The fraction of sp³-hybridized carbons (Fsp3) is 0.774. The summed E-state index contributed by atoms with van der Waals surface area (Å²) in [5.41, 5.74) is 0.179. The van der Waals surface area contributed by atoms with Gasteiger partial charge in [-0.05, 0) is 85.7 Å². The number of fused-ring (bicyclic) bond motifs is 3. The molecule has 1 spiro atoms. The molecule has 5 aliphatic rings. The average Bonchev–Trinajstić information content (AvgIpc) is 3.54. The summed E-state index contributed by atoms with van der Waals surface area (Å²) in [6.45, 7) is 10.3. The molecule has 10 atom stereocenters. The summed E-state index contributed by atoms with van der Waals surface area (Å²) in [7, 11) is 0. The molecule has 208 valence electrons. The topological polar surface area (TPSA) is 95.3 Å². The molecule has 0 aromatic carbocycles. The van der Waals surface area contributed by atoms with Crippen LogP contribution in [0.25, 0.3) is 0 Å². The maximum atomic E-state index is 13.0. The quantitative estimate of drug-likeness (QED) is 0.375. The van der Waals surface area contributed by atoms with Crippen LogP contribution in [0.5, 0.6) is 0 Å². The number of hydrogen-bond donors (Lipinski definition) is 0. The first-order chi connectivity index (χ1) is 18.0. The smallest absolute Gasteiger partial charge is 0.335 e. The van der Waals surface area contributed by atoms with Crippen LogP contribution in [0.4, 0.5) is 0 Å². The third-order valence-corrected chi connectivity index (χ3v) is 11.3. The molecule has 1 aromatic heterocycles. The minimum absolute atomic E-state index is 0.0346. The lowest BCUT2D eigenvalue weighted by molar-refractivity contribution is -0.167. The molecule has 0 radical (unpaired) electrons. The lowest BCUT2D eigenvalue weighted by Gasteiger charge is -2.61. The molecule has 4 saturated carbocycles. The fourth-order valence-corrected chi connectivity index (χ4v) is 9.77. The largest absolute Gasteiger partial charge is 0.463 e. The van der Waals surface area contributed by atoms with Gasteiger partial charge in [-0.2, -0.15) is 0 Å². The number of hydrogen-bond acceptors (Lipinski definition) is 7. The first-order valence-corrected chi connectivity index (χ1v) is 14.6. The van der Waals surface area contributed by atoms with Crippen molar-refractivity contribution >= 4 is 11.9 Å². The van der Waals surface area contributed by atoms with E-state index in [2.05, 4.69) is 13.8 Å². The van der Waals surface area contributed by atoms with Gasteiger partial charge in [0.15, 0.2) is 0 Å². The molecule has 0 N–H and O–H groups in total. The van der Waals surface area contributed by atoms with Gasteiger partial charge in [-0.1, -0.05) is 27.7 Å². The number of carbonyl (C=O) groups is 2. The number of esters is 2. The van der Waals surface area contributed by atoms with E-state index in [9.17, 15) is 14.4 Å². The molecule has 10 unspecified atom stereocenters. The summed E-state index contributed by atoms with van der Waals surface area (Å²) < 4.78 is 24.0. The summed E-state index contributed by atoms with van der Waals surface area (Å²) in [5.74, 6) is 1.23. The van der Waals surface area contributed by atoms with Crippen LogP contribution in [0.15, 0.2) is 27.6 Å². The molecule has 6 rings (SSSR count). The van der Waals surface area contributed by atoms with Crippen molar-refractivity contribution in [2.45, 2.75) is 116 Å². The first kappa shape index (κ1) is 26.1.